The molecule has 0 saturated carbocycles. The molecule has 78 valence electrons. The number of pyridine rings is 1. The summed E-state index contributed by atoms with van der Waals surface area (Å²) in [5.41, 5.74) is 2.51. The largest absolute Gasteiger partial charge is 0.315 e. The van der Waals surface area contributed by atoms with Gasteiger partial charge in [-0.15, -0.1) is 0 Å². The number of aromatic nitrogens is 1. The van der Waals surface area contributed by atoms with Crippen LogP contribution in [0, 0.1) is 0 Å². The van der Waals surface area contributed by atoms with Gasteiger partial charge in [0.2, 0.25) is 5.56 Å². The van der Waals surface area contributed by atoms with Crippen molar-refractivity contribution in [3.63, 3.8) is 0 Å². The molecule has 0 N–H and O–H groups in total. The van der Waals surface area contributed by atoms with Crippen molar-refractivity contribution >= 4 is 23.5 Å². The van der Waals surface area contributed by atoms with Crippen LogP contribution >= 0.6 is 23.5 Å². The minimum Gasteiger partial charge on any atom is -0.315 e. The van der Waals surface area contributed by atoms with Crippen molar-refractivity contribution in [3.05, 3.63) is 33.7 Å². The molecule has 0 fully saturated rings. The number of nitrogens with zero attached hydrogens (tertiary/aromatic N) is 1. The van der Waals surface area contributed by atoms with E-state index in [-0.39, 0.29) is 5.56 Å². The molecule has 1 rings (SSSR count). The van der Waals surface area contributed by atoms with Gasteiger partial charge in [-0.2, -0.15) is 23.5 Å². The molecule has 0 aliphatic carbocycles. The van der Waals surface area contributed by atoms with E-state index in [1.54, 1.807) is 34.2 Å². The van der Waals surface area contributed by atoms with E-state index >= 15 is 0 Å². The van der Waals surface area contributed by atoms with Crippen LogP contribution in [0.15, 0.2) is 16.9 Å². The molecule has 2 nitrogen and oxygen atoms in total. The Hall–Kier alpha value is -0.350. The number of thioether (sulfide) groups is 2. The maximum Gasteiger partial charge on any atom is 0.250 e. The highest BCUT2D eigenvalue weighted by Gasteiger charge is 2.05. The van der Waals surface area contributed by atoms with Gasteiger partial charge in [0.15, 0.2) is 0 Å². The highest BCUT2D eigenvalue weighted by molar-refractivity contribution is 7.98. The molecule has 0 saturated heterocycles. The Balaban J connectivity index is 3.15. The Labute approximate surface area is 93.1 Å². The number of rotatable bonds is 4. The van der Waals surface area contributed by atoms with Crippen molar-refractivity contribution in [1.82, 2.24) is 4.57 Å². The fraction of sp³-hybridized carbons (Fsp3) is 0.500. The Morgan fingerprint density at radius 3 is 2.43 bits per heavy atom. The summed E-state index contributed by atoms with van der Waals surface area (Å²) in [5.74, 6) is 1.88. The van der Waals surface area contributed by atoms with Crippen molar-refractivity contribution in [2.75, 3.05) is 12.5 Å². The quantitative estimate of drug-likeness (QED) is 0.789. The third-order valence-corrected chi connectivity index (χ3v) is 3.28. The summed E-state index contributed by atoms with van der Waals surface area (Å²) in [7, 11) is 1.84. The first-order chi connectivity index (χ1) is 6.70. The zero-order chi connectivity index (χ0) is 10.6. The Morgan fingerprint density at radius 2 is 1.86 bits per heavy atom. The standard InChI is InChI=1S/C10H15NOS2/c1-11-9(7-14-3)8(6-13-2)4-5-10(11)12/h4-5H,6-7H2,1-3H3. The maximum atomic E-state index is 11.4. The van der Waals surface area contributed by atoms with Crippen LogP contribution in [0.4, 0.5) is 0 Å². The summed E-state index contributed by atoms with van der Waals surface area (Å²) in [4.78, 5) is 11.4. The van der Waals surface area contributed by atoms with E-state index in [1.807, 2.05) is 13.1 Å². The van der Waals surface area contributed by atoms with Gasteiger partial charge >= 0.3 is 0 Å². The van der Waals surface area contributed by atoms with Crippen LogP contribution in [0.1, 0.15) is 11.3 Å². The van der Waals surface area contributed by atoms with Gasteiger partial charge in [-0.05, 0) is 18.1 Å². The normalized spacial score (nSPS) is 10.5. The van der Waals surface area contributed by atoms with E-state index < -0.39 is 0 Å². The molecule has 14 heavy (non-hydrogen) atoms. The lowest BCUT2D eigenvalue weighted by Crippen LogP contribution is -2.20. The van der Waals surface area contributed by atoms with Crippen LogP contribution in [0.5, 0.6) is 0 Å². The SMILES string of the molecule is CSCc1ccc(=O)n(C)c1CSC. The predicted molar refractivity (Wildman–Crippen MR) is 66.1 cm³/mol. The molecular formula is C10H15NOS2. The first-order valence-corrected chi connectivity index (χ1v) is 7.15. The van der Waals surface area contributed by atoms with Gasteiger partial charge in [0, 0.05) is 30.3 Å². The van der Waals surface area contributed by atoms with Crippen LogP contribution in [-0.2, 0) is 18.6 Å². The lowest BCUT2D eigenvalue weighted by molar-refractivity contribution is 0.801. The molecule has 0 unspecified atom stereocenters. The van der Waals surface area contributed by atoms with E-state index in [4.69, 9.17) is 0 Å². The molecule has 0 aromatic carbocycles. The van der Waals surface area contributed by atoms with E-state index in [0.29, 0.717) is 0 Å². The fourth-order valence-electron chi connectivity index (χ4n) is 1.34. The smallest absolute Gasteiger partial charge is 0.250 e. The van der Waals surface area contributed by atoms with Gasteiger partial charge in [-0.3, -0.25) is 4.79 Å². The summed E-state index contributed by atoms with van der Waals surface area (Å²) >= 11 is 3.53. The number of hydrogen-bond acceptors (Lipinski definition) is 3. The Bertz CT molecular complexity index is 360. The minimum atomic E-state index is 0.0823. The van der Waals surface area contributed by atoms with Crippen molar-refractivity contribution in [2.24, 2.45) is 7.05 Å². The minimum absolute atomic E-state index is 0.0823. The van der Waals surface area contributed by atoms with Gasteiger partial charge in [0.05, 0.1) is 0 Å². The summed E-state index contributed by atoms with van der Waals surface area (Å²) in [6.45, 7) is 0. The molecule has 1 heterocycles. The third-order valence-electron chi connectivity index (χ3n) is 2.11. The van der Waals surface area contributed by atoms with Crippen molar-refractivity contribution in [1.29, 1.82) is 0 Å². The fourth-order valence-corrected chi connectivity index (χ4v) is 2.57. The van der Waals surface area contributed by atoms with Gasteiger partial charge < -0.3 is 4.57 Å². The van der Waals surface area contributed by atoms with Crippen LogP contribution in [-0.4, -0.2) is 17.1 Å². The summed E-state index contributed by atoms with van der Waals surface area (Å²) in [6, 6.07) is 3.60. The van der Waals surface area contributed by atoms with Crippen molar-refractivity contribution in [2.45, 2.75) is 11.5 Å². The lowest BCUT2D eigenvalue weighted by atomic mass is 10.2. The van der Waals surface area contributed by atoms with Crippen LogP contribution in [0.25, 0.3) is 0 Å². The molecule has 4 heteroatoms. The predicted octanol–water partition coefficient (Wildman–Crippen LogP) is 2.11. The van der Waals surface area contributed by atoms with Crippen LogP contribution in [0.2, 0.25) is 0 Å². The van der Waals surface area contributed by atoms with Gasteiger partial charge in [0.1, 0.15) is 0 Å². The molecule has 0 bridgehead atoms. The average molecular weight is 229 g/mol. The molecule has 0 radical (unpaired) electrons. The second-order valence-electron chi connectivity index (χ2n) is 3.07. The zero-order valence-electron chi connectivity index (χ0n) is 8.74. The van der Waals surface area contributed by atoms with E-state index in [2.05, 4.69) is 12.5 Å². The summed E-state index contributed by atoms with van der Waals surface area (Å²) in [6.07, 6.45) is 4.13. The highest BCUT2D eigenvalue weighted by Crippen LogP contribution is 2.16. The molecule has 1 aromatic rings. The average Bonchev–Trinajstić information content (AvgIpc) is 2.18. The van der Waals surface area contributed by atoms with Crippen LogP contribution in [0.3, 0.4) is 0 Å². The monoisotopic (exact) mass is 229 g/mol. The molecule has 0 aliphatic rings. The van der Waals surface area contributed by atoms with Gasteiger partial charge in [-0.1, -0.05) is 6.07 Å². The topological polar surface area (TPSA) is 22.0 Å². The molecule has 0 amide bonds. The van der Waals surface area contributed by atoms with Gasteiger partial charge in [-0.25, -0.2) is 0 Å². The first kappa shape index (κ1) is 11.7. The maximum absolute atomic E-state index is 11.4. The highest BCUT2D eigenvalue weighted by atomic mass is 32.2. The lowest BCUT2D eigenvalue weighted by Gasteiger charge is -2.11. The summed E-state index contributed by atoms with van der Waals surface area (Å²) in [5, 5.41) is 0. The van der Waals surface area contributed by atoms with E-state index in [1.165, 1.54) is 5.56 Å². The van der Waals surface area contributed by atoms with Gasteiger partial charge in [0.25, 0.3) is 0 Å². The van der Waals surface area contributed by atoms with E-state index in [0.717, 1.165) is 17.2 Å². The third kappa shape index (κ3) is 2.58. The van der Waals surface area contributed by atoms with E-state index in [9.17, 15) is 4.79 Å². The number of hydrogen-bond donors (Lipinski definition) is 0. The Morgan fingerprint density at radius 1 is 1.21 bits per heavy atom. The Kier molecular flexibility index (Phi) is 4.62. The van der Waals surface area contributed by atoms with Crippen molar-refractivity contribution < 1.29 is 0 Å². The van der Waals surface area contributed by atoms with Crippen LogP contribution < -0.4 is 5.56 Å². The summed E-state index contributed by atoms with van der Waals surface area (Å²) < 4.78 is 1.75. The zero-order valence-corrected chi connectivity index (χ0v) is 10.4. The second-order valence-corrected chi connectivity index (χ2v) is 4.80. The molecule has 0 spiro atoms. The van der Waals surface area contributed by atoms with Crippen molar-refractivity contribution in [3.8, 4) is 0 Å². The molecule has 0 aliphatic heterocycles. The molecular weight excluding hydrogens is 214 g/mol. The first-order valence-electron chi connectivity index (χ1n) is 4.36. The molecule has 0 atom stereocenters. The molecule has 1 aromatic heterocycles. The second kappa shape index (κ2) is 5.51.